The van der Waals surface area contributed by atoms with E-state index in [9.17, 15) is 13.8 Å². The molecule has 8 heteroatoms. The van der Waals surface area contributed by atoms with Crippen molar-refractivity contribution in [3.8, 4) is 0 Å². The van der Waals surface area contributed by atoms with Gasteiger partial charge in [0.2, 0.25) is 0 Å². The Kier molecular flexibility index (Phi) is 7.20. The van der Waals surface area contributed by atoms with Crippen LogP contribution in [0.4, 0.5) is 0 Å². The lowest BCUT2D eigenvalue weighted by Crippen LogP contribution is -2.31. The van der Waals surface area contributed by atoms with Crippen LogP contribution in [0.25, 0.3) is 0 Å². The number of carbonyl (C=O) groups excluding carboxylic acids is 2. The molecule has 2 atom stereocenters. The molecule has 0 fully saturated rings. The van der Waals surface area contributed by atoms with Gasteiger partial charge in [-0.05, 0) is 36.8 Å². The topological polar surface area (TPSA) is 72.5 Å². The van der Waals surface area contributed by atoms with Crippen molar-refractivity contribution in [3.05, 3.63) is 63.6 Å². The van der Waals surface area contributed by atoms with Crippen LogP contribution in [0.15, 0.2) is 47.4 Å². The molecule has 0 saturated carbocycles. The Balaban J connectivity index is 1.95. The van der Waals surface area contributed by atoms with Gasteiger partial charge in [0.25, 0.3) is 5.91 Å². The maximum atomic E-state index is 12.1. The van der Waals surface area contributed by atoms with Gasteiger partial charge in [-0.2, -0.15) is 0 Å². The molecule has 0 heterocycles. The Labute approximate surface area is 164 Å². The van der Waals surface area contributed by atoms with Gasteiger partial charge in [0.05, 0.1) is 37.3 Å². The summed E-state index contributed by atoms with van der Waals surface area (Å²) in [4.78, 5) is 24.5. The van der Waals surface area contributed by atoms with E-state index in [-0.39, 0.29) is 11.6 Å². The molecule has 0 unspecified atom stereocenters. The van der Waals surface area contributed by atoms with Crippen molar-refractivity contribution in [3.63, 3.8) is 0 Å². The number of esters is 1. The third kappa shape index (κ3) is 5.30. The highest BCUT2D eigenvalue weighted by Crippen LogP contribution is 2.25. The van der Waals surface area contributed by atoms with Crippen molar-refractivity contribution in [2.75, 3.05) is 12.9 Å². The van der Waals surface area contributed by atoms with Crippen LogP contribution < -0.4 is 5.32 Å². The summed E-state index contributed by atoms with van der Waals surface area (Å²) in [7, 11) is -1.34. The second-order valence-corrected chi connectivity index (χ2v) is 7.65. The standard InChI is InChI=1S/C18H17Cl2NO4S/c1-11(12-7-8-14(19)15(20)9-12)21-17(22)10-25-18(23)13-5-3-4-6-16(13)26(2)24/h3-9,11H,10H2,1-2H3,(H,21,22)/t11-,26+/m0/s1. The van der Waals surface area contributed by atoms with E-state index in [1.54, 1.807) is 43.3 Å². The first-order chi connectivity index (χ1) is 12.3. The van der Waals surface area contributed by atoms with Gasteiger partial charge in [-0.3, -0.25) is 9.00 Å². The molecule has 0 saturated heterocycles. The predicted molar refractivity (Wildman–Crippen MR) is 102 cm³/mol. The first-order valence-corrected chi connectivity index (χ1v) is 9.95. The molecule has 0 aliphatic heterocycles. The molecule has 0 aromatic heterocycles. The van der Waals surface area contributed by atoms with E-state index in [0.717, 1.165) is 5.56 Å². The summed E-state index contributed by atoms with van der Waals surface area (Å²) in [6, 6.07) is 11.1. The molecule has 1 N–H and O–H groups in total. The fourth-order valence-electron chi connectivity index (χ4n) is 2.24. The predicted octanol–water partition coefficient (Wildman–Crippen LogP) is 3.77. The first-order valence-electron chi connectivity index (χ1n) is 7.63. The van der Waals surface area contributed by atoms with Gasteiger partial charge >= 0.3 is 5.97 Å². The van der Waals surface area contributed by atoms with Gasteiger partial charge < -0.3 is 10.1 Å². The second-order valence-electron chi connectivity index (χ2n) is 5.49. The number of amides is 1. The minimum Gasteiger partial charge on any atom is -0.452 e. The summed E-state index contributed by atoms with van der Waals surface area (Å²) < 4.78 is 16.7. The molecule has 2 rings (SSSR count). The Morgan fingerprint density at radius 2 is 1.85 bits per heavy atom. The zero-order chi connectivity index (χ0) is 19.3. The summed E-state index contributed by atoms with van der Waals surface area (Å²) >= 11 is 11.8. The quantitative estimate of drug-likeness (QED) is 0.731. The molecular weight excluding hydrogens is 397 g/mol. The molecule has 2 aromatic rings. The molecule has 0 radical (unpaired) electrons. The molecule has 138 valence electrons. The Morgan fingerprint density at radius 1 is 1.15 bits per heavy atom. The van der Waals surface area contributed by atoms with E-state index in [2.05, 4.69) is 5.32 Å². The van der Waals surface area contributed by atoms with Crippen LogP contribution in [-0.4, -0.2) is 28.9 Å². The van der Waals surface area contributed by atoms with Gasteiger partial charge in [0.1, 0.15) is 0 Å². The zero-order valence-corrected chi connectivity index (χ0v) is 16.5. The average molecular weight is 414 g/mol. The van der Waals surface area contributed by atoms with Crippen molar-refractivity contribution in [1.29, 1.82) is 0 Å². The van der Waals surface area contributed by atoms with E-state index in [4.69, 9.17) is 27.9 Å². The van der Waals surface area contributed by atoms with Gasteiger partial charge in [0.15, 0.2) is 6.61 Å². The fourth-order valence-corrected chi connectivity index (χ4v) is 3.28. The van der Waals surface area contributed by atoms with E-state index in [1.807, 2.05) is 0 Å². The third-order valence-electron chi connectivity index (χ3n) is 3.57. The molecule has 0 aliphatic rings. The molecule has 0 spiro atoms. The summed E-state index contributed by atoms with van der Waals surface area (Å²) in [6.07, 6.45) is 1.47. The maximum Gasteiger partial charge on any atom is 0.339 e. The first kappa shape index (κ1) is 20.4. The number of carbonyl (C=O) groups is 2. The molecule has 26 heavy (non-hydrogen) atoms. The van der Waals surface area contributed by atoms with Crippen molar-refractivity contribution < 1.29 is 18.5 Å². The number of hydrogen-bond donors (Lipinski definition) is 1. The number of hydrogen-bond acceptors (Lipinski definition) is 4. The van der Waals surface area contributed by atoms with Crippen LogP contribution >= 0.6 is 23.2 Å². The molecule has 1 amide bonds. The van der Waals surface area contributed by atoms with Gasteiger partial charge in [0, 0.05) is 6.26 Å². The molecule has 2 aromatic carbocycles. The lowest BCUT2D eigenvalue weighted by atomic mass is 10.1. The van der Waals surface area contributed by atoms with Crippen molar-refractivity contribution in [2.45, 2.75) is 17.9 Å². The molecular formula is C18H17Cl2NO4S. The Bertz CT molecular complexity index is 857. The monoisotopic (exact) mass is 413 g/mol. The zero-order valence-electron chi connectivity index (χ0n) is 14.1. The second kappa shape index (κ2) is 9.16. The highest BCUT2D eigenvalue weighted by molar-refractivity contribution is 7.84. The van der Waals surface area contributed by atoms with Gasteiger partial charge in [-0.1, -0.05) is 41.4 Å². The van der Waals surface area contributed by atoms with Crippen LogP contribution in [0, 0.1) is 0 Å². The minimum atomic E-state index is -1.34. The Hall–Kier alpha value is -1.89. The van der Waals surface area contributed by atoms with E-state index < -0.39 is 29.3 Å². The third-order valence-corrected chi connectivity index (χ3v) is 5.29. The molecule has 5 nitrogen and oxygen atoms in total. The van der Waals surface area contributed by atoms with Crippen LogP contribution in [0.3, 0.4) is 0 Å². The largest absolute Gasteiger partial charge is 0.452 e. The number of nitrogens with one attached hydrogen (secondary N) is 1. The minimum absolute atomic E-state index is 0.179. The van der Waals surface area contributed by atoms with Gasteiger partial charge in [-0.25, -0.2) is 4.79 Å². The number of rotatable bonds is 6. The van der Waals surface area contributed by atoms with Crippen LogP contribution in [0.5, 0.6) is 0 Å². The average Bonchev–Trinajstić information content (AvgIpc) is 2.61. The highest BCUT2D eigenvalue weighted by Gasteiger charge is 2.17. The van der Waals surface area contributed by atoms with Crippen molar-refractivity contribution in [1.82, 2.24) is 5.32 Å². The van der Waals surface area contributed by atoms with Crippen LogP contribution in [0.1, 0.15) is 28.9 Å². The fraction of sp³-hybridized carbons (Fsp3) is 0.222. The van der Waals surface area contributed by atoms with E-state index >= 15 is 0 Å². The summed E-state index contributed by atoms with van der Waals surface area (Å²) in [5.74, 6) is -1.17. The van der Waals surface area contributed by atoms with E-state index in [1.165, 1.54) is 12.3 Å². The summed E-state index contributed by atoms with van der Waals surface area (Å²) in [6.45, 7) is 1.32. The smallest absolute Gasteiger partial charge is 0.339 e. The normalized spacial score (nSPS) is 12.9. The number of halogens is 2. The lowest BCUT2D eigenvalue weighted by molar-refractivity contribution is -0.124. The highest BCUT2D eigenvalue weighted by atomic mass is 35.5. The molecule has 0 bridgehead atoms. The molecule has 0 aliphatic carbocycles. The van der Waals surface area contributed by atoms with E-state index in [0.29, 0.717) is 14.9 Å². The number of ether oxygens (including phenoxy) is 1. The number of benzene rings is 2. The summed E-state index contributed by atoms with van der Waals surface area (Å²) in [5, 5.41) is 3.52. The SMILES string of the molecule is C[C@H](NC(=O)COC(=O)c1ccccc1[S@@](C)=O)c1ccc(Cl)c(Cl)c1. The lowest BCUT2D eigenvalue weighted by Gasteiger charge is -2.15. The van der Waals surface area contributed by atoms with Crippen LogP contribution in [0.2, 0.25) is 10.0 Å². The Morgan fingerprint density at radius 3 is 2.50 bits per heavy atom. The van der Waals surface area contributed by atoms with Crippen LogP contribution in [-0.2, 0) is 20.3 Å². The van der Waals surface area contributed by atoms with Crippen molar-refractivity contribution >= 4 is 45.9 Å². The van der Waals surface area contributed by atoms with Gasteiger partial charge in [-0.15, -0.1) is 0 Å². The summed E-state index contributed by atoms with van der Waals surface area (Å²) in [5.41, 5.74) is 0.949. The maximum absolute atomic E-state index is 12.1. The van der Waals surface area contributed by atoms with Crippen molar-refractivity contribution in [2.24, 2.45) is 0 Å².